The second-order valence-electron chi connectivity index (χ2n) is 3.47. The van der Waals surface area contributed by atoms with Crippen molar-refractivity contribution >= 4 is 6.29 Å². The van der Waals surface area contributed by atoms with Gasteiger partial charge < -0.3 is 10.1 Å². The maximum absolute atomic E-state index is 9.40. The van der Waals surface area contributed by atoms with Gasteiger partial charge in [-0.05, 0) is 26.4 Å². The van der Waals surface area contributed by atoms with Crippen LogP contribution in [0.5, 0.6) is 0 Å². The van der Waals surface area contributed by atoms with Crippen molar-refractivity contribution in [1.82, 2.24) is 5.32 Å². The zero-order valence-electron chi connectivity index (χ0n) is 14.1. The number of unbranched alkanes of at least 4 members (excludes halogenated alkanes) is 5. The topological polar surface area (TPSA) is 29.1 Å². The molecule has 0 saturated heterocycles. The Morgan fingerprint density at radius 3 is 1.61 bits per heavy atom. The van der Waals surface area contributed by atoms with Gasteiger partial charge in [0.2, 0.25) is 0 Å². The van der Waals surface area contributed by atoms with Crippen LogP contribution in [-0.2, 0) is 4.79 Å². The molecule has 18 heavy (non-hydrogen) atoms. The molecule has 0 unspecified atom stereocenters. The highest BCUT2D eigenvalue weighted by atomic mass is 16.1. The van der Waals surface area contributed by atoms with Gasteiger partial charge in [0, 0.05) is 6.42 Å². The van der Waals surface area contributed by atoms with E-state index in [0.717, 1.165) is 12.7 Å². The SMILES string of the molecule is CC.CC.CCCC=O.CCCCCCCNC. The predicted octanol–water partition coefficient (Wildman–Crippen LogP) is 5.21. The molecule has 0 aliphatic rings. The Kier molecular flexibility index (Phi) is 63.9. The molecular weight excluding hydrogens is 222 g/mol. The Balaban J connectivity index is -0.0000000925. The molecule has 0 radical (unpaired) electrons. The van der Waals surface area contributed by atoms with Crippen LogP contribution >= 0.6 is 0 Å². The van der Waals surface area contributed by atoms with Gasteiger partial charge in [-0.2, -0.15) is 0 Å². The van der Waals surface area contributed by atoms with E-state index in [9.17, 15) is 4.79 Å². The van der Waals surface area contributed by atoms with Crippen LogP contribution in [0.2, 0.25) is 0 Å². The van der Waals surface area contributed by atoms with E-state index in [-0.39, 0.29) is 0 Å². The molecule has 0 aromatic carbocycles. The molecule has 0 rings (SSSR count). The van der Waals surface area contributed by atoms with Crippen molar-refractivity contribution in [3.63, 3.8) is 0 Å². The summed E-state index contributed by atoms with van der Waals surface area (Å²) in [6.45, 7) is 13.4. The molecule has 0 aromatic rings. The maximum Gasteiger partial charge on any atom is 0.119 e. The summed E-state index contributed by atoms with van der Waals surface area (Å²) in [5.41, 5.74) is 0. The number of rotatable bonds is 8. The Bertz CT molecular complexity index is 89.1. The third-order valence-corrected chi connectivity index (χ3v) is 1.94. The molecule has 0 aliphatic carbocycles. The van der Waals surface area contributed by atoms with E-state index in [1.54, 1.807) is 0 Å². The van der Waals surface area contributed by atoms with Gasteiger partial charge in [-0.25, -0.2) is 0 Å². The van der Waals surface area contributed by atoms with Crippen LogP contribution in [0.4, 0.5) is 0 Å². The Morgan fingerprint density at radius 2 is 1.33 bits per heavy atom. The highest BCUT2D eigenvalue weighted by molar-refractivity contribution is 5.48. The first kappa shape index (κ1) is 26.2. The van der Waals surface area contributed by atoms with Gasteiger partial charge in [0.05, 0.1) is 0 Å². The molecule has 114 valence electrons. The average Bonchev–Trinajstić information content (AvgIpc) is 2.45. The van der Waals surface area contributed by atoms with Gasteiger partial charge in [0.1, 0.15) is 6.29 Å². The third-order valence-electron chi connectivity index (χ3n) is 1.94. The molecule has 2 nitrogen and oxygen atoms in total. The fourth-order valence-electron chi connectivity index (χ4n) is 1.02. The molecule has 1 N–H and O–H groups in total. The minimum Gasteiger partial charge on any atom is -0.320 e. The van der Waals surface area contributed by atoms with E-state index in [1.165, 1.54) is 38.6 Å². The maximum atomic E-state index is 9.40. The number of nitrogens with one attached hydrogen (secondary N) is 1. The van der Waals surface area contributed by atoms with Gasteiger partial charge >= 0.3 is 0 Å². The molecule has 0 spiro atoms. The predicted molar refractivity (Wildman–Crippen MR) is 86.4 cm³/mol. The monoisotopic (exact) mass is 261 g/mol. The minimum absolute atomic E-state index is 0.708. The van der Waals surface area contributed by atoms with Crippen molar-refractivity contribution in [1.29, 1.82) is 0 Å². The van der Waals surface area contributed by atoms with Gasteiger partial charge in [0.25, 0.3) is 0 Å². The lowest BCUT2D eigenvalue weighted by Gasteiger charge is -1.97. The Hall–Kier alpha value is -0.370. The lowest BCUT2D eigenvalue weighted by Crippen LogP contribution is -2.06. The van der Waals surface area contributed by atoms with Crippen molar-refractivity contribution in [2.24, 2.45) is 0 Å². The fraction of sp³-hybridized carbons (Fsp3) is 0.938. The molecule has 2 heteroatoms. The summed E-state index contributed by atoms with van der Waals surface area (Å²) < 4.78 is 0. The lowest BCUT2D eigenvalue weighted by atomic mass is 10.1. The summed E-state index contributed by atoms with van der Waals surface area (Å²) in [7, 11) is 2.01. The van der Waals surface area contributed by atoms with Crippen molar-refractivity contribution in [2.75, 3.05) is 13.6 Å². The summed E-state index contributed by atoms with van der Waals surface area (Å²) in [6.07, 6.45) is 9.52. The second kappa shape index (κ2) is 43.8. The third kappa shape index (κ3) is 57.5. The smallest absolute Gasteiger partial charge is 0.119 e. The molecular formula is C16H39NO. The quantitative estimate of drug-likeness (QED) is 0.480. The fourth-order valence-corrected chi connectivity index (χ4v) is 1.02. The van der Waals surface area contributed by atoms with Crippen molar-refractivity contribution < 1.29 is 4.79 Å². The zero-order chi connectivity index (χ0) is 15.1. The molecule has 0 amide bonds. The highest BCUT2D eigenvalue weighted by Crippen LogP contribution is 2.00. The Morgan fingerprint density at radius 1 is 0.833 bits per heavy atom. The first-order valence-corrected chi connectivity index (χ1v) is 7.91. The van der Waals surface area contributed by atoms with E-state index in [1.807, 2.05) is 41.7 Å². The first-order chi connectivity index (χ1) is 8.83. The number of hydrogen-bond donors (Lipinski definition) is 1. The summed E-state index contributed by atoms with van der Waals surface area (Å²) >= 11 is 0. The van der Waals surface area contributed by atoms with Gasteiger partial charge in [-0.15, -0.1) is 0 Å². The summed E-state index contributed by atoms with van der Waals surface area (Å²) in [6, 6.07) is 0. The number of carbonyl (C=O) groups is 1. The van der Waals surface area contributed by atoms with Crippen LogP contribution in [0.15, 0.2) is 0 Å². The standard InChI is InChI=1S/C8H19N.C4H8O.2C2H6/c1-3-4-5-6-7-8-9-2;1-2-3-4-5;2*1-2/h9H,3-8H2,1-2H3;4H,2-3H2,1H3;2*1-2H3. The minimum atomic E-state index is 0.708. The summed E-state index contributed by atoms with van der Waals surface area (Å²) in [5, 5.41) is 3.14. The van der Waals surface area contributed by atoms with Crippen molar-refractivity contribution in [3.8, 4) is 0 Å². The van der Waals surface area contributed by atoms with Crippen molar-refractivity contribution in [2.45, 2.75) is 86.5 Å². The zero-order valence-corrected chi connectivity index (χ0v) is 14.1. The highest BCUT2D eigenvalue weighted by Gasteiger charge is 1.85. The normalized spacial score (nSPS) is 7.72. The Labute approximate surface area is 117 Å². The van der Waals surface area contributed by atoms with E-state index in [2.05, 4.69) is 12.2 Å². The lowest BCUT2D eigenvalue weighted by molar-refractivity contribution is -0.107. The van der Waals surface area contributed by atoms with Crippen LogP contribution in [0.3, 0.4) is 0 Å². The number of aldehydes is 1. The van der Waals surface area contributed by atoms with Crippen LogP contribution in [0.25, 0.3) is 0 Å². The average molecular weight is 261 g/mol. The van der Waals surface area contributed by atoms with Crippen molar-refractivity contribution in [3.05, 3.63) is 0 Å². The largest absolute Gasteiger partial charge is 0.320 e. The molecule has 0 aliphatic heterocycles. The summed E-state index contributed by atoms with van der Waals surface area (Å²) in [5.74, 6) is 0. The van der Waals surface area contributed by atoms with Crippen LogP contribution < -0.4 is 5.32 Å². The van der Waals surface area contributed by atoms with Gasteiger partial charge in [-0.1, -0.05) is 67.2 Å². The molecule has 0 heterocycles. The van der Waals surface area contributed by atoms with Gasteiger partial charge in [-0.3, -0.25) is 0 Å². The van der Waals surface area contributed by atoms with E-state index in [0.29, 0.717) is 6.42 Å². The van der Waals surface area contributed by atoms with E-state index in [4.69, 9.17) is 0 Å². The second-order valence-corrected chi connectivity index (χ2v) is 3.47. The van der Waals surface area contributed by atoms with E-state index < -0.39 is 0 Å². The first-order valence-electron chi connectivity index (χ1n) is 7.91. The van der Waals surface area contributed by atoms with Gasteiger partial charge in [0.15, 0.2) is 0 Å². The van der Waals surface area contributed by atoms with Crippen LogP contribution in [-0.4, -0.2) is 19.9 Å². The van der Waals surface area contributed by atoms with Crippen LogP contribution in [0, 0.1) is 0 Å². The molecule has 0 saturated carbocycles. The molecule has 0 fully saturated rings. The molecule has 0 bridgehead atoms. The number of hydrogen-bond acceptors (Lipinski definition) is 2. The summed E-state index contributed by atoms with van der Waals surface area (Å²) in [4.78, 5) is 9.40. The number of carbonyl (C=O) groups excluding carboxylic acids is 1. The molecule has 0 atom stereocenters. The van der Waals surface area contributed by atoms with E-state index >= 15 is 0 Å². The molecule has 0 aromatic heterocycles. The van der Waals surface area contributed by atoms with Crippen LogP contribution in [0.1, 0.15) is 86.5 Å².